The van der Waals surface area contributed by atoms with Crippen molar-refractivity contribution < 1.29 is 4.92 Å². The third-order valence-electron chi connectivity index (χ3n) is 3.15. The second kappa shape index (κ2) is 7.74. The van der Waals surface area contributed by atoms with E-state index in [1.807, 2.05) is 6.92 Å². The maximum Gasteiger partial charge on any atom is 0.269 e. The summed E-state index contributed by atoms with van der Waals surface area (Å²) in [6.07, 6.45) is 1.16. The number of benzene rings is 1. The van der Waals surface area contributed by atoms with Crippen molar-refractivity contribution in [1.29, 1.82) is 0 Å². The number of aryl methyl sites for hydroxylation is 1. The van der Waals surface area contributed by atoms with Crippen LogP contribution in [0.25, 0.3) is 0 Å². The van der Waals surface area contributed by atoms with Gasteiger partial charge in [0.05, 0.1) is 4.92 Å². The largest absolute Gasteiger partial charge is 0.384 e. The highest BCUT2D eigenvalue weighted by atomic mass is 16.6. The molecule has 0 spiro atoms. The normalized spacial score (nSPS) is 10.7. The van der Waals surface area contributed by atoms with Crippen LogP contribution < -0.4 is 5.32 Å². The summed E-state index contributed by atoms with van der Waals surface area (Å²) < 4.78 is 0. The van der Waals surface area contributed by atoms with Gasteiger partial charge in [0.25, 0.3) is 5.69 Å². The molecule has 106 valence electrons. The average molecular weight is 265 g/mol. The summed E-state index contributed by atoms with van der Waals surface area (Å²) in [5.41, 5.74) is 2.02. The Bertz CT molecular complexity index is 421. The van der Waals surface area contributed by atoms with Crippen molar-refractivity contribution in [2.75, 3.05) is 31.5 Å². The molecule has 1 N–H and O–H groups in total. The van der Waals surface area contributed by atoms with Gasteiger partial charge in [-0.05, 0) is 38.1 Å². The molecule has 0 aromatic heterocycles. The molecule has 5 nitrogen and oxygen atoms in total. The number of hydrogen-bond donors (Lipinski definition) is 1. The van der Waals surface area contributed by atoms with Crippen LogP contribution in [0.5, 0.6) is 0 Å². The van der Waals surface area contributed by atoms with E-state index >= 15 is 0 Å². The summed E-state index contributed by atoms with van der Waals surface area (Å²) in [7, 11) is 0. The minimum Gasteiger partial charge on any atom is -0.384 e. The molecule has 0 aliphatic heterocycles. The van der Waals surface area contributed by atoms with Crippen molar-refractivity contribution in [3.63, 3.8) is 0 Å². The lowest BCUT2D eigenvalue weighted by Gasteiger charge is -2.20. The Kier molecular flexibility index (Phi) is 6.29. The van der Waals surface area contributed by atoms with Gasteiger partial charge in [-0.25, -0.2) is 0 Å². The Morgan fingerprint density at radius 1 is 1.32 bits per heavy atom. The molecule has 0 amide bonds. The molecule has 5 heteroatoms. The molecule has 1 rings (SSSR count). The van der Waals surface area contributed by atoms with Crippen molar-refractivity contribution in [1.82, 2.24) is 4.90 Å². The van der Waals surface area contributed by atoms with Gasteiger partial charge in [-0.2, -0.15) is 0 Å². The van der Waals surface area contributed by atoms with Gasteiger partial charge in [-0.1, -0.05) is 13.8 Å². The Balaban J connectivity index is 2.51. The minimum absolute atomic E-state index is 0.143. The summed E-state index contributed by atoms with van der Waals surface area (Å²) in [6.45, 7) is 10.2. The smallest absolute Gasteiger partial charge is 0.269 e. The molecule has 0 atom stereocenters. The van der Waals surface area contributed by atoms with Gasteiger partial charge in [0.1, 0.15) is 0 Å². The molecule has 0 saturated heterocycles. The van der Waals surface area contributed by atoms with Crippen LogP contribution in [0.3, 0.4) is 0 Å². The molecule has 0 saturated carbocycles. The van der Waals surface area contributed by atoms with E-state index in [9.17, 15) is 10.1 Å². The molecular formula is C14H23N3O2. The summed E-state index contributed by atoms with van der Waals surface area (Å²) >= 11 is 0. The number of nitrogens with one attached hydrogen (secondary N) is 1. The van der Waals surface area contributed by atoms with Crippen molar-refractivity contribution in [3.8, 4) is 0 Å². The number of nitro benzene ring substituents is 1. The number of non-ortho nitro benzene ring substituents is 1. The van der Waals surface area contributed by atoms with Crippen molar-refractivity contribution >= 4 is 11.4 Å². The SMILES string of the molecule is CCCN(CC)CCNc1ccc([N+](=O)[O-])cc1C. The molecule has 0 radical (unpaired) electrons. The zero-order chi connectivity index (χ0) is 14.3. The van der Waals surface area contributed by atoms with Crippen molar-refractivity contribution in [2.45, 2.75) is 27.2 Å². The highest BCUT2D eigenvalue weighted by molar-refractivity contribution is 5.55. The van der Waals surface area contributed by atoms with Crippen LogP contribution in [0.1, 0.15) is 25.8 Å². The second-order valence-corrected chi connectivity index (χ2v) is 4.62. The molecule has 1 aromatic carbocycles. The van der Waals surface area contributed by atoms with E-state index in [4.69, 9.17) is 0 Å². The van der Waals surface area contributed by atoms with Gasteiger partial charge >= 0.3 is 0 Å². The minimum atomic E-state index is -0.364. The van der Waals surface area contributed by atoms with E-state index in [1.54, 1.807) is 18.2 Å². The van der Waals surface area contributed by atoms with E-state index in [0.717, 1.165) is 43.9 Å². The Hall–Kier alpha value is -1.62. The summed E-state index contributed by atoms with van der Waals surface area (Å²) in [4.78, 5) is 12.7. The van der Waals surface area contributed by atoms with Crippen LogP contribution >= 0.6 is 0 Å². The summed E-state index contributed by atoms with van der Waals surface area (Å²) in [5, 5.41) is 14.0. The monoisotopic (exact) mass is 265 g/mol. The Labute approximate surface area is 114 Å². The highest BCUT2D eigenvalue weighted by Crippen LogP contribution is 2.20. The fraction of sp³-hybridized carbons (Fsp3) is 0.571. The van der Waals surface area contributed by atoms with E-state index in [2.05, 4.69) is 24.1 Å². The molecule has 0 fully saturated rings. The quantitative estimate of drug-likeness (QED) is 0.579. The van der Waals surface area contributed by atoms with E-state index < -0.39 is 0 Å². The first-order chi connectivity index (χ1) is 9.08. The predicted octanol–water partition coefficient (Wildman–Crippen LogP) is 3.05. The number of nitrogens with zero attached hydrogens (tertiary/aromatic N) is 2. The third kappa shape index (κ3) is 4.87. The first-order valence-electron chi connectivity index (χ1n) is 6.79. The maximum absolute atomic E-state index is 10.7. The lowest BCUT2D eigenvalue weighted by Crippen LogP contribution is -2.29. The highest BCUT2D eigenvalue weighted by Gasteiger charge is 2.08. The zero-order valence-corrected chi connectivity index (χ0v) is 12.0. The zero-order valence-electron chi connectivity index (χ0n) is 12.0. The molecule has 0 bridgehead atoms. The first-order valence-corrected chi connectivity index (χ1v) is 6.79. The van der Waals surface area contributed by atoms with Gasteiger partial charge in [0.2, 0.25) is 0 Å². The lowest BCUT2D eigenvalue weighted by molar-refractivity contribution is -0.384. The first kappa shape index (κ1) is 15.4. The van der Waals surface area contributed by atoms with Crippen molar-refractivity contribution in [3.05, 3.63) is 33.9 Å². The number of nitro groups is 1. The lowest BCUT2D eigenvalue weighted by atomic mass is 10.2. The summed E-state index contributed by atoms with van der Waals surface area (Å²) in [5.74, 6) is 0. The van der Waals surface area contributed by atoms with E-state index in [-0.39, 0.29) is 10.6 Å². The van der Waals surface area contributed by atoms with Gasteiger partial charge in [0.15, 0.2) is 0 Å². The molecule has 0 aliphatic carbocycles. The Morgan fingerprint density at radius 3 is 2.58 bits per heavy atom. The van der Waals surface area contributed by atoms with E-state index in [1.165, 1.54) is 0 Å². The van der Waals surface area contributed by atoms with Gasteiger partial charge in [0, 0.05) is 30.9 Å². The molecule has 0 aliphatic rings. The molecule has 1 aromatic rings. The van der Waals surface area contributed by atoms with Crippen molar-refractivity contribution in [2.24, 2.45) is 0 Å². The number of rotatable bonds is 8. The topological polar surface area (TPSA) is 58.4 Å². The standard InChI is InChI=1S/C14H23N3O2/c1-4-9-16(5-2)10-8-15-14-7-6-13(17(18)19)11-12(14)3/h6-7,11,15H,4-5,8-10H2,1-3H3. The van der Waals surface area contributed by atoms with Crippen LogP contribution in [0, 0.1) is 17.0 Å². The van der Waals surface area contributed by atoms with Gasteiger partial charge in [-0.3, -0.25) is 10.1 Å². The number of anilines is 1. The summed E-state index contributed by atoms with van der Waals surface area (Å²) in [6, 6.07) is 4.93. The van der Waals surface area contributed by atoms with Crippen LogP contribution in [-0.4, -0.2) is 36.0 Å². The van der Waals surface area contributed by atoms with Crippen LogP contribution in [-0.2, 0) is 0 Å². The van der Waals surface area contributed by atoms with Gasteiger partial charge < -0.3 is 10.2 Å². The van der Waals surface area contributed by atoms with E-state index in [0.29, 0.717) is 0 Å². The fourth-order valence-corrected chi connectivity index (χ4v) is 2.05. The molecule has 0 heterocycles. The third-order valence-corrected chi connectivity index (χ3v) is 3.15. The molecule has 19 heavy (non-hydrogen) atoms. The molecule has 0 unspecified atom stereocenters. The average Bonchev–Trinajstić information content (AvgIpc) is 2.39. The predicted molar refractivity (Wildman–Crippen MR) is 78.7 cm³/mol. The number of hydrogen-bond acceptors (Lipinski definition) is 4. The second-order valence-electron chi connectivity index (χ2n) is 4.62. The van der Waals surface area contributed by atoms with Crippen LogP contribution in [0.4, 0.5) is 11.4 Å². The number of likely N-dealkylation sites (N-methyl/N-ethyl adjacent to an activating group) is 1. The van der Waals surface area contributed by atoms with Crippen LogP contribution in [0.2, 0.25) is 0 Å². The van der Waals surface area contributed by atoms with Gasteiger partial charge in [-0.15, -0.1) is 0 Å². The molecular weight excluding hydrogens is 242 g/mol. The Morgan fingerprint density at radius 2 is 2.05 bits per heavy atom. The van der Waals surface area contributed by atoms with Crippen LogP contribution in [0.15, 0.2) is 18.2 Å². The fourth-order valence-electron chi connectivity index (χ4n) is 2.05. The maximum atomic E-state index is 10.7.